The second kappa shape index (κ2) is 8.50. The first-order chi connectivity index (χ1) is 15.2. The van der Waals surface area contributed by atoms with E-state index in [9.17, 15) is 5.11 Å². The number of H-pyrrole nitrogens is 1. The number of fused-ring (bicyclic) bond motifs is 3. The van der Waals surface area contributed by atoms with Crippen LogP contribution in [0, 0.1) is 17.2 Å². The van der Waals surface area contributed by atoms with Crippen LogP contribution in [0.15, 0.2) is 48.8 Å². The smallest absolute Gasteiger partial charge is 0.139 e. The van der Waals surface area contributed by atoms with Crippen molar-refractivity contribution < 1.29 is 5.11 Å². The van der Waals surface area contributed by atoms with Crippen molar-refractivity contribution in [2.24, 2.45) is 5.92 Å². The molecule has 0 saturated heterocycles. The van der Waals surface area contributed by atoms with Crippen LogP contribution in [0.4, 0.5) is 0 Å². The van der Waals surface area contributed by atoms with E-state index in [2.05, 4.69) is 32.0 Å². The summed E-state index contributed by atoms with van der Waals surface area (Å²) in [6.45, 7) is 0.453. The van der Waals surface area contributed by atoms with Gasteiger partial charge in [-0.3, -0.25) is 5.32 Å². The summed E-state index contributed by atoms with van der Waals surface area (Å²) in [7, 11) is 0. The van der Waals surface area contributed by atoms with Gasteiger partial charge >= 0.3 is 0 Å². The van der Waals surface area contributed by atoms with Gasteiger partial charge in [-0.2, -0.15) is 5.26 Å². The van der Waals surface area contributed by atoms with E-state index < -0.39 is 6.23 Å². The molecule has 3 aromatic heterocycles. The van der Waals surface area contributed by atoms with E-state index in [1.165, 1.54) is 0 Å². The van der Waals surface area contributed by atoms with Crippen molar-refractivity contribution in [3.8, 4) is 6.07 Å². The fraction of sp³-hybridized carbons (Fsp3) is 0.375. The van der Waals surface area contributed by atoms with Gasteiger partial charge in [0.05, 0.1) is 24.3 Å². The van der Waals surface area contributed by atoms with Gasteiger partial charge in [-0.05, 0) is 43.2 Å². The quantitative estimate of drug-likeness (QED) is 0.407. The van der Waals surface area contributed by atoms with Crippen LogP contribution in [0.1, 0.15) is 55.8 Å². The Morgan fingerprint density at radius 3 is 2.77 bits per heavy atom. The van der Waals surface area contributed by atoms with E-state index in [1.807, 2.05) is 42.7 Å². The number of pyridine rings is 1. The normalized spacial score (nSPS) is 20.1. The number of hydrogen-bond donors (Lipinski definition) is 3. The lowest BCUT2D eigenvalue weighted by Crippen LogP contribution is -2.25. The third kappa shape index (κ3) is 3.80. The van der Waals surface area contributed by atoms with Crippen molar-refractivity contribution >= 4 is 22.1 Å². The zero-order valence-corrected chi connectivity index (χ0v) is 17.3. The lowest BCUT2D eigenvalue weighted by Gasteiger charge is -2.30. The van der Waals surface area contributed by atoms with Gasteiger partial charge in [0.25, 0.3) is 0 Å². The number of benzene rings is 1. The molecule has 1 atom stereocenters. The highest BCUT2D eigenvalue weighted by Gasteiger charge is 2.27. The Kier molecular flexibility index (Phi) is 5.41. The molecule has 1 fully saturated rings. The molecule has 3 N–H and O–H groups in total. The molecule has 158 valence electrons. The highest BCUT2D eigenvalue weighted by molar-refractivity contribution is 6.01. The monoisotopic (exact) mass is 414 g/mol. The molecule has 0 spiro atoms. The van der Waals surface area contributed by atoms with Crippen molar-refractivity contribution in [3.05, 3.63) is 60.2 Å². The number of aromatic nitrogens is 4. The predicted molar refractivity (Wildman–Crippen MR) is 119 cm³/mol. The van der Waals surface area contributed by atoms with Gasteiger partial charge in [-0.15, -0.1) is 0 Å². The number of imidazole rings is 1. The first kappa shape index (κ1) is 19.7. The van der Waals surface area contributed by atoms with Gasteiger partial charge < -0.3 is 14.7 Å². The summed E-state index contributed by atoms with van der Waals surface area (Å²) >= 11 is 0. The maximum absolute atomic E-state index is 10.6. The zero-order chi connectivity index (χ0) is 21.2. The Morgan fingerprint density at radius 1 is 1.19 bits per heavy atom. The van der Waals surface area contributed by atoms with Crippen molar-refractivity contribution in [1.82, 2.24) is 24.8 Å². The highest BCUT2D eigenvalue weighted by Crippen LogP contribution is 2.37. The van der Waals surface area contributed by atoms with Crippen molar-refractivity contribution in [2.45, 2.75) is 50.9 Å². The molecule has 3 heterocycles. The molecule has 0 unspecified atom stereocenters. The van der Waals surface area contributed by atoms with Gasteiger partial charge in [0.1, 0.15) is 23.2 Å². The van der Waals surface area contributed by atoms with E-state index in [-0.39, 0.29) is 0 Å². The van der Waals surface area contributed by atoms with E-state index >= 15 is 0 Å². The Morgan fingerprint density at radius 2 is 2.00 bits per heavy atom. The maximum Gasteiger partial charge on any atom is 0.139 e. The van der Waals surface area contributed by atoms with E-state index in [0.717, 1.165) is 59.1 Å². The third-order valence-electron chi connectivity index (χ3n) is 6.44. The van der Waals surface area contributed by atoms with Crippen LogP contribution in [0.3, 0.4) is 0 Å². The van der Waals surface area contributed by atoms with Crippen LogP contribution in [-0.4, -0.2) is 24.6 Å². The van der Waals surface area contributed by atoms with E-state index in [4.69, 9.17) is 10.2 Å². The average molecular weight is 415 g/mol. The number of aliphatic hydroxyl groups excluding tert-OH is 1. The number of nitrogens with one attached hydrogen (secondary N) is 2. The summed E-state index contributed by atoms with van der Waals surface area (Å²) in [4.78, 5) is 12.6. The Labute approximate surface area is 180 Å². The molecule has 0 aliphatic heterocycles. The number of rotatable bonds is 6. The first-order valence-electron chi connectivity index (χ1n) is 10.9. The summed E-state index contributed by atoms with van der Waals surface area (Å²) in [5.41, 5.74) is 3.66. The molecular formula is C24H26N6O. The van der Waals surface area contributed by atoms with Crippen LogP contribution in [0.2, 0.25) is 0 Å². The molecule has 31 heavy (non-hydrogen) atoms. The van der Waals surface area contributed by atoms with Gasteiger partial charge in [-0.25, -0.2) is 9.97 Å². The summed E-state index contributed by atoms with van der Waals surface area (Å²) < 4.78 is 2.35. The van der Waals surface area contributed by atoms with Gasteiger partial charge in [0.2, 0.25) is 0 Å². The maximum atomic E-state index is 10.6. The molecule has 1 aliphatic carbocycles. The molecule has 1 aliphatic rings. The predicted octanol–water partition coefficient (Wildman–Crippen LogP) is 4.34. The Balaban J connectivity index is 1.49. The fourth-order valence-corrected chi connectivity index (χ4v) is 4.84. The molecule has 0 bridgehead atoms. The summed E-state index contributed by atoms with van der Waals surface area (Å²) in [5.74, 6) is 1.40. The lowest BCUT2D eigenvalue weighted by atomic mass is 9.84. The zero-order valence-electron chi connectivity index (χ0n) is 17.3. The average Bonchev–Trinajstić information content (AvgIpc) is 3.43. The largest absolute Gasteiger partial charge is 0.374 e. The van der Waals surface area contributed by atoms with Gasteiger partial charge in [-0.1, -0.05) is 30.3 Å². The molecule has 7 nitrogen and oxygen atoms in total. The molecular weight excluding hydrogens is 388 g/mol. The minimum absolute atomic E-state index is 0.325. The number of nitriles is 1. The van der Waals surface area contributed by atoms with E-state index in [1.54, 1.807) is 0 Å². The number of nitrogens with zero attached hydrogens (tertiary/aromatic N) is 4. The molecule has 4 aromatic rings. The van der Waals surface area contributed by atoms with Gasteiger partial charge in [0.15, 0.2) is 0 Å². The van der Waals surface area contributed by atoms with E-state index in [0.29, 0.717) is 24.9 Å². The Hall–Kier alpha value is -3.21. The number of aliphatic hydroxyl groups is 1. The molecule has 0 amide bonds. The van der Waals surface area contributed by atoms with Crippen LogP contribution in [0.25, 0.3) is 22.1 Å². The highest BCUT2D eigenvalue weighted by atomic mass is 16.3. The summed E-state index contributed by atoms with van der Waals surface area (Å²) in [6, 6.07) is 14.3. The van der Waals surface area contributed by atoms with Crippen LogP contribution < -0.4 is 5.32 Å². The second-order valence-corrected chi connectivity index (χ2v) is 8.36. The summed E-state index contributed by atoms with van der Waals surface area (Å²) in [6.07, 6.45) is 7.78. The minimum Gasteiger partial charge on any atom is -0.374 e. The van der Waals surface area contributed by atoms with Crippen molar-refractivity contribution in [2.75, 3.05) is 0 Å². The molecule has 1 saturated carbocycles. The SMILES string of the molecule is N#CCC1CCC(n2c(CN[C@H](O)c3ccccc3)nc3cnc4[nH]ccc4c32)CC1. The van der Waals surface area contributed by atoms with Gasteiger partial charge in [0, 0.05) is 24.0 Å². The standard InChI is InChI=1S/C24H26N6O/c25-12-10-16-6-8-18(9-7-16)30-21(15-28-24(31)17-4-2-1-3-5-17)29-20-14-27-23-19(22(20)30)11-13-26-23/h1-5,11,13-14,16,18,24,28,31H,6-10,15H2,(H,26,27)/t16?,18?,24-/m1/s1. The molecule has 5 rings (SSSR count). The van der Waals surface area contributed by atoms with Crippen LogP contribution in [-0.2, 0) is 6.54 Å². The van der Waals surface area contributed by atoms with Crippen molar-refractivity contribution in [1.29, 1.82) is 5.26 Å². The molecule has 0 radical (unpaired) electrons. The number of aromatic amines is 1. The van der Waals surface area contributed by atoms with Crippen LogP contribution in [0.5, 0.6) is 0 Å². The topological polar surface area (TPSA) is 103 Å². The third-order valence-corrected chi connectivity index (χ3v) is 6.44. The molecule has 1 aromatic carbocycles. The summed E-state index contributed by atoms with van der Waals surface area (Å²) in [5, 5.41) is 23.9. The van der Waals surface area contributed by atoms with Crippen molar-refractivity contribution in [3.63, 3.8) is 0 Å². The second-order valence-electron chi connectivity index (χ2n) is 8.36. The van der Waals surface area contributed by atoms with Crippen LogP contribution >= 0.6 is 0 Å². The minimum atomic E-state index is -0.758. The Bertz CT molecular complexity index is 1210. The first-order valence-corrected chi connectivity index (χ1v) is 10.9. The fourth-order valence-electron chi connectivity index (χ4n) is 4.84. The molecule has 7 heteroatoms. The number of hydrogen-bond acceptors (Lipinski definition) is 5. The lowest BCUT2D eigenvalue weighted by molar-refractivity contribution is 0.135.